The summed E-state index contributed by atoms with van der Waals surface area (Å²) < 4.78 is 7.72. The molecule has 4 nitrogen and oxygen atoms in total. The van der Waals surface area contributed by atoms with E-state index in [1.165, 1.54) is 28.6 Å². The molecule has 1 aliphatic rings. The Hall–Kier alpha value is -1.97. The van der Waals surface area contributed by atoms with E-state index in [0.717, 1.165) is 19.4 Å². The van der Waals surface area contributed by atoms with Crippen LogP contribution in [0.3, 0.4) is 0 Å². The zero-order valence-electron chi connectivity index (χ0n) is 14.5. The van der Waals surface area contributed by atoms with Gasteiger partial charge in [-0.25, -0.2) is 4.79 Å². The fraction of sp³-hybridized carbons (Fsp3) is 0.526. The van der Waals surface area contributed by atoms with Crippen LogP contribution in [0.2, 0.25) is 0 Å². The number of fused-ring (bicyclic) bond motifs is 3. The summed E-state index contributed by atoms with van der Waals surface area (Å²) in [4.78, 5) is 12.0. The van der Waals surface area contributed by atoms with E-state index in [2.05, 4.69) is 34.1 Å². The van der Waals surface area contributed by atoms with E-state index in [0.29, 0.717) is 0 Å². The third-order valence-electron chi connectivity index (χ3n) is 4.25. The number of carbonyl (C=O) groups excluding carboxylic acids is 1. The number of alkyl carbamates (subject to hydrolysis) is 1. The van der Waals surface area contributed by atoms with Gasteiger partial charge in [-0.15, -0.1) is 0 Å². The first-order valence-corrected chi connectivity index (χ1v) is 8.43. The van der Waals surface area contributed by atoms with Crippen molar-refractivity contribution in [2.75, 3.05) is 0 Å². The largest absolute Gasteiger partial charge is 0.444 e. The minimum absolute atomic E-state index is 0.0188. The van der Waals surface area contributed by atoms with E-state index >= 15 is 0 Å². The van der Waals surface area contributed by atoms with Gasteiger partial charge in [0.15, 0.2) is 0 Å². The fourth-order valence-corrected chi connectivity index (χ4v) is 3.46. The van der Waals surface area contributed by atoms with Gasteiger partial charge in [0.25, 0.3) is 0 Å². The smallest absolute Gasteiger partial charge is 0.407 e. The third kappa shape index (κ3) is 3.36. The molecule has 124 valence electrons. The van der Waals surface area contributed by atoms with Crippen molar-refractivity contribution in [1.82, 2.24) is 9.88 Å². The van der Waals surface area contributed by atoms with Crippen LogP contribution in [0, 0.1) is 0 Å². The highest BCUT2D eigenvalue weighted by Gasteiger charge is 2.23. The third-order valence-corrected chi connectivity index (χ3v) is 4.25. The molecule has 0 spiro atoms. The van der Waals surface area contributed by atoms with Gasteiger partial charge < -0.3 is 14.6 Å². The zero-order chi connectivity index (χ0) is 16.6. The minimum Gasteiger partial charge on any atom is -0.444 e. The Kier molecular flexibility index (Phi) is 4.09. The highest BCUT2D eigenvalue weighted by atomic mass is 16.6. The van der Waals surface area contributed by atoms with Crippen LogP contribution in [0.4, 0.5) is 4.79 Å². The van der Waals surface area contributed by atoms with Crippen molar-refractivity contribution in [3.63, 3.8) is 0 Å². The number of rotatable bonds is 3. The van der Waals surface area contributed by atoms with Gasteiger partial charge in [0.05, 0.1) is 0 Å². The first-order chi connectivity index (χ1) is 10.8. The summed E-state index contributed by atoms with van der Waals surface area (Å²) in [6, 6.07) is 8.59. The molecule has 1 N–H and O–H groups in total. The SMILES string of the molecule is CC(Cn1c2c(c3ccccc31)CCC2)NC(=O)OC(C)(C)C. The fourth-order valence-electron chi connectivity index (χ4n) is 3.46. The number of ether oxygens (including phenoxy) is 1. The van der Waals surface area contributed by atoms with Gasteiger partial charge in [0, 0.05) is 29.2 Å². The van der Waals surface area contributed by atoms with E-state index in [9.17, 15) is 4.79 Å². The van der Waals surface area contributed by atoms with E-state index in [4.69, 9.17) is 4.74 Å². The van der Waals surface area contributed by atoms with Crippen molar-refractivity contribution in [2.45, 2.75) is 65.1 Å². The predicted molar refractivity (Wildman–Crippen MR) is 92.8 cm³/mol. The van der Waals surface area contributed by atoms with Crippen molar-refractivity contribution in [1.29, 1.82) is 0 Å². The lowest BCUT2D eigenvalue weighted by molar-refractivity contribution is 0.0504. The number of nitrogens with zero attached hydrogens (tertiary/aromatic N) is 1. The average Bonchev–Trinajstić information content (AvgIpc) is 3.00. The maximum atomic E-state index is 12.0. The van der Waals surface area contributed by atoms with Crippen LogP contribution < -0.4 is 5.32 Å². The number of para-hydroxylation sites is 1. The summed E-state index contributed by atoms with van der Waals surface area (Å²) in [7, 11) is 0. The maximum Gasteiger partial charge on any atom is 0.407 e. The highest BCUT2D eigenvalue weighted by Crippen LogP contribution is 2.33. The van der Waals surface area contributed by atoms with E-state index in [1.54, 1.807) is 0 Å². The second-order valence-electron chi connectivity index (χ2n) is 7.45. The van der Waals surface area contributed by atoms with Crippen LogP contribution in [0.1, 0.15) is 45.4 Å². The minimum atomic E-state index is -0.467. The summed E-state index contributed by atoms with van der Waals surface area (Å²) >= 11 is 0. The molecule has 0 fully saturated rings. The van der Waals surface area contributed by atoms with Crippen LogP contribution >= 0.6 is 0 Å². The summed E-state index contributed by atoms with van der Waals surface area (Å²) in [5.41, 5.74) is 3.73. The summed E-state index contributed by atoms with van der Waals surface area (Å²) in [5, 5.41) is 4.31. The molecular weight excluding hydrogens is 288 g/mol. The topological polar surface area (TPSA) is 43.3 Å². The number of amides is 1. The number of aryl methyl sites for hydroxylation is 1. The summed E-state index contributed by atoms with van der Waals surface area (Å²) in [6.45, 7) is 8.44. The van der Waals surface area contributed by atoms with Crippen LogP contribution in [0.25, 0.3) is 10.9 Å². The molecule has 0 saturated heterocycles. The molecule has 0 bridgehead atoms. The monoisotopic (exact) mass is 314 g/mol. The Morgan fingerprint density at radius 3 is 2.78 bits per heavy atom. The molecule has 1 unspecified atom stereocenters. The molecular formula is C19H26N2O2. The summed E-state index contributed by atoms with van der Waals surface area (Å²) in [5.74, 6) is 0. The number of nitrogens with one attached hydrogen (secondary N) is 1. The van der Waals surface area contributed by atoms with E-state index in [-0.39, 0.29) is 12.1 Å². The lowest BCUT2D eigenvalue weighted by Gasteiger charge is -2.23. The second-order valence-corrected chi connectivity index (χ2v) is 7.45. The number of carbonyl (C=O) groups is 1. The Bertz CT molecular complexity index is 725. The van der Waals surface area contributed by atoms with Crippen LogP contribution in [-0.2, 0) is 24.1 Å². The van der Waals surface area contributed by atoms with Gasteiger partial charge in [-0.2, -0.15) is 0 Å². The van der Waals surface area contributed by atoms with Crippen molar-refractivity contribution in [3.8, 4) is 0 Å². The molecule has 1 atom stereocenters. The second kappa shape index (κ2) is 5.91. The lowest BCUT2D eigenvalue weighted by Crippen LogP contribution is -2.39. The number of aromatic nitrogens is 1. The van der Waals surface area contributed by atoms with Crippen molar-refractivity contribution in [2.24, 2.45) is 0 Å². The Morgan fingerprint density at radius 1 is 1.30 bits per heavy atom. The number of benzene rings is 1. The molecule has 1 amide bonds. The van der Waals surface area contributed by atoms with E-state index in [1.807, 2.05) is 27.7 Å². The van der Waals surface area contributed by atoms with Crippen molar-refractivity contribution >= 4 is 17.0 Å². The number of hydrogen-bond donors (Lipinski definition) is 1. The quantitative estimate of drug-likeness (QED) is 0.929. The molecule has 1 aromatic carbocycles. The van der Waals surface area contributed by atoms with Crippen molar-refractivity contribution in [3.05, 3.63) is 35.5 Å². The zero-order valence-corrected chi connectivity index (χ0v) is 14.5. The Morgan fingerprint density at radius 2 is 2.04 bits per heavy atom. The van der Waals surface area contributed by atoms with Gasteiger partial charge >= 0.3 is 6.09 Å². The first kappa shape index (κ1) is 15.9. The molecule has 4 heteroatoms. The van der Waals surface area contributed by atoms with Crippen LogP contribution in [0.15, 0.2) is 24.3 Å². The molecule has 23 heavy (non-hydrogen) atoms. The molecule has 3 rings (SSSR count). The van der Waals surface area contributed by atoms with Gasteiger partial charge in [-0.05, 0) is 58.6 Å². The lowest BCUT2D eigenvalue weighted by atomic mass is 10.1. The molecule has 1 heterocycles. The van der Waals surface area contributed by atoms with Gasteiger partial charge in [0.1, 0.15) is 5.60 Å². The predicted octanol–water partition coefficient (Wildman–Crippen LogP) is 4.04. The molecule has 0 saturated carbocycles. The van der Waals surface area contributed by atoms with Gasteiger partial charge in [0.2, 0.25) is 0 Å². The molecule has 0 aliphatic heterocycles. The molecule has 2 aromatic rings. The average molecular weight is 314 g/mol. The molecule has 0 radical (unpaired) electrons. The van der Waals surface area contributed by atoms with Crippen LogP contribution in [0.5, 0.6) is 0 Å². The Balaban J connectivity index is 1.78. The Labute approximate surface area is 137 Å². The van der Waals surface area contributed by atoms with Crippen molar-refractivity contribution < 1.29 is 9.53 Å². The first-order valence-electron chi connectivity index (χ1n) is 8.43. The van der Waals surface area contributed by atoms with E-state index < -0.39 is 5.60 Å². The summed E-state index contributed by atoms with van der Waals surface area (Å²) in [6.07, 6.45) is 3.17. The normalized spacial score (nSPS) is 15.5. The molecule has 1 aliphatic carbocycles. The highest BCUT2D eigenvalue weighted by molar-refractivity contribution is 5.86. The molecule has 1 aromatic heterocycles. The maximum absolute atomic E-state index is 12.0. The van der Waals surface area contributed by atoms with Gasteiger partial charge in [-0.1, -0.05) is 18.2 Å². The van der Waals surface area contributed by atoms with Gasteiger partial charge in [-0.3, -0.25) is 0 Å². The standard InChI is InChI=1S/C19H26N2O2/c1-13(20-18(22)23-19(2,3)4)12-21-16-10-6-5-8-14(16)15-9-7-11-17(15)21/h5-6,8,10,13H,7,9,11-12H2,1-4H3,(H,20,22). The number of hydrogen-bond acceptors (Lipinski definition) is 2. The van der Waals surface area contributed by atoms with Crippen LogP contribution in [-0.4, -0.2) is 22.3 Å².